The fourth-order valence-corrected chi connectivity index (χ4v) is 5.37. The summed E-state index contributed by atoms with van der Waals surface area (Å²) >= 11 is 0. The number of nitrogens with one attached hydrogen (secondary N) is 1. The van der Waals surface area contributed by atoms with Crippen molar-refractivity contribution in [3.63, 3.8) is 0 Å². The molecule has 8 nitrogen and oxygen atoms in total. The molecule has 41 heavy (non-hydrogen) atoms. The van der Waals surface area contributed by atoms with Crippen LogP contribution in [0.15, 0.2) is 85.2 Å². The van der Waals surface area contributed by atoms with Crippen LogP contribution >= 0.6 is 0 Å². The van der Waals surface area contributed by atoms with Crippen molar-refractivity contribution in [2.24, 2.45) is 0 Å². The molecule has 5 aromatic rings. The second-order valence-electron chi connectivity index (χ2n) is 10.4. The standard InChI is InChI=1S/C33H32N4O4/c1-20-15-21(2)17-23(16-20)32(39)36(4)22(3)31(38)37(29-13-14-34-28-12-8-6-10-26(28)29)30(33(40)41)18-24-19-35-27-11-7-5-9-25(24)27/h5-17,19,22,30,35H,18H2,1-4H3,(H,40,41)/t22-,30-/m0/s1. The van der Waals surface area contributed by atoms with Gasteiger partial charge < -0.3 is 15.0 Å². The monoisotopic (exact) mass is 548 g/mol. The number of H-pyrrole nitrogens is 1. The van der Waals surface area contributed by atoms with Crippen LogP contribution in [0.25, 0.3) is 21.8 Å². The molecule has 0 aliphatic carbocycles. The van der Waals surface area contributed by atoms with Crippen LogP contribution in [-0.4, -0.2) is 56.9 Å². The van der Waals surface area contributed by atoms with Crippen molar-refractivity contribution in [2.45, 2.75) is 39.3 Å². The molecule has 0 spiro atoms. The predicted octanol–water partition coefficient (Wildman–Crippen LogP) is 5.52. The molecule has 0 saturated carbocycles. The number of aliphatic carboxylic acids is 1. The first kappa shape index (κ1) is 27.6. The highest BCUT2D eigenvalue weighted by Crippen LogP contribution is 2.30. The van der Waals surface area contributed by atoms with Gasteiger partial charge in [0.05, 0.1) is 11.2 Å². The molecule has 0 saturated heterocycles. The lowest BCUT2D eigenvalue weighted by molar-refractivity contribution is -0.140. The van der Waals surface area contributed by atoms with E-state index < -0.39 is 24.0 Å². The Morgan fingerprint density at radius 2 is 1.59 bits per heavy atom. The average molecular weight is 549 g/mol. The molecule has 0 radical (unpaired) electrons. The summed E-state index contributed by atoms with van der Waals surface area (Å²) in [4.78, 5) is 51.1. The molecular weight excluding hydrogens is 516 g/mol. The molecular formula is C33H32N4O4. The number of carboxylic acids is 1. The molecule has 0 fully saturated rings. The number of carbonyl (C=O) groups excluding carboxylic acids is 2. The number of hydrogen-bond donors (Lipinski definition) is 2. The van der Waals surface area contributed by atoms with E-state index in [1.54, 1.807) is 44.6 Å². The molecule has 2 amide bonds. The Kier molecular flexibility index (Phi) is 7.57. The van der Waals surface area contributed by atoms with E-state index in [1.165, 1.54) is 9.80 Å². The van der Waals surface area contributed by atoms with E-state index in [9.17, 15) is 19.5 Å². The number of nitrogens with zero attached hydrogens (tertiary/aromatic N) is 3. The Morgan fingerprint density at radius 3 is 2.29 bits per heavy atom. The van der Waals surface area contributed by atoms with Gasteiger partial charge in [0.2, 0.25) is 5.91 Å². The Labute approximate surface area is 238 Å². The molecule has 3 aromatic carbocycles. The van der Waals surface area contributed by atoms with E-state index in [-0.39, 0.29) is 12.3 Å². The number of aromatic amines is 1. The number of para-hydroxylation sites is 2. The lowest BCUT2D eigenvalue weighted by Gasteiger charge is -2.35. The molecule has 5 rings (SSSR count). The summed E-state index contributed by atoms with van der Waals surface area (Å²) in [6.45, 7) is 5.46. The zero-order valence-corrected chi connectivity index (χ0v) is 23.5. The van der Waals surface area contributed by atoms with Gasteiger partial charge in [-0.25, -0.2) is 4.79 Å². The number of pyridine rings is 1. The largest absolute Gasteiger partial charge is 0.480 e. The third-order valence-electron chi connectivity index (χ3n) is 7.54. The molecule has 0 aliphatic rings. The summed E-state index contributed by atoms with van der Waals surface area (Å²) in [5.41, 5.74) is 5.06. The number of hydrogen-bond acceptors (Lipinski definition) is 4. The third kappa shape index (κ3) is 5.41. The molecule has 2 aromatic heterocycles. The molecule has 0 unspecified atom stereocenters. The SMILES string of the molecule is Cc1cc(C)cc(C(=O)N(C)[C@@H](C)C(=O)N(c2ccnc3ccccc23)[C@@H](Cc2c[nH]c3ccccc23)C(=O)O)c1. The van der Waals surface area contributed by atoms with Gasteiger partial charge in [-0.1, -0.05) is 53.6 Å². The minimum absolute atomic E-state index is 0.0587. The van der Waals surface area contributed by atoms with Crippen LogP contribution < -0.4 is 4.90 Å². The van der Waals surface area contributed by atoms with Crippen molar-refractivity contribution in [3.8, 4) is 0 Å². The van der Waals surface area contributed by atoms with E-state index in [1.807, 2.05) is 68.4 Å². The van der Waals surface area contributed by atoms with Crippen molar-refractivity contribution in [3.05, 3.63) is 107 Å². The summed E-state index contributed by atoms with van der Waals surface area (Å²) in [5, 5.41) is 12.1. The van der Waals surface area contributed by atoms with E-state index in [4.69, 9.17) is 0 Å². The minimum Gasteiger partial charge on any atom is -0.480 e. The fourth-order valence-electron chi connectivity index (χ4n) is 5.37. The van der Waals surface area contributed by atoms with Gasteiger partial charge in [0.15, 0.2) is 0 Å². The van der Waals surface area contributed by atoms with Crippen molar-refractivity contribution in [1.82, 2.24) is 14.9 Å². The summed E-state index contributed by atoms with van der Waals surface area (Å²) in [6.07, 6.45) is 3.41. The highest BCUT2D eigenvalue weighted by Gasteiger charge is 2.37. The Morgan fingerprint density at radius 1 is 0.927 bits per heavy atom. The number of benzene rings is 3. The second kappa shape index (κ2) is 11.3. The van der Waals surface area contributed by atoms with Gasteiger partial charge in [-0.15, -0.1) is 0 Å². The normalized spacial score (nSPS) is 12.7. The molecule has 8 heteroatoms. The van der Waals surface area contributed by atoms with Crippen molar-refractivity contribution in [2.75, 3.05) is 11.9 Å². The summed E-state index contributed by atoms with van der Waals surface area (Å²) in [6, 6.07) is 19.9. The van der Waals surface area contributed by atoms with Gasteiger partial charge in [-0.2, -0.15) is 0 Å². The lowest BCUT2D eigenvalue weighted by atomic mass is 10.0. The van der Waals surface area contributed by atoms with Crippen LogP contribution in [0.5, 0.6) is 0 Å². The molecule has 0 aliphatic heterocycles. The lowest BCUT2D eigenvalue weighted by Crippen LogP contribution is -2.54. The van der Waals surface area contributed by atoms with Crippen LogP contribution in [0.2, 0.25) is 0 Å². The second-order valence-corrected chi connectivity index (χ2v) is 10.4. The maximum Gasteiger partial charge on any atom is 0.327 e. The van der Waals surface area contributed by atoms with E-state index in [2.05, 4.69) is 9.97 Å². The maximum atomic E-state index is 14.4. The number of carboxylic acid groups (broad SMARTS) is 1. The maximum absolute atomic E-state index is 14.4. The minimum atomic E-state index is -1.25. The number of fused-ring (bicyclic) bond motifs is 2. The van der Waals surface area contributed by atoms with E-state index in [0.29, 0.717) is 22.2 Å². The van der Waals surface area contributed by atoms with Crippen LogP contribution in [0.3, 0.4) is 0 Å². The average Bonchev–Trinajstić information content (AvgIpc) is 3.37. The summed E-state index contributed by atoms with van der Waals surface area (Å²) in [5.74, 6) is -1.98. The van der Waals surface area contributed by atoms with Gasteiger partial charge in [-0.05, 0) is 56.7 Å². The molecule has 2 N–H and O–H groups in total. The number of aromatic nitrogens is 2. The van der Waals surface area contributed by atoms with Gasteiger partial charge >= 0.3 is 5.97 Å². The smallest absolute Gasteiger partial charge is 0.327 e. The first-order valence-corrected chi connectivity index (χ1v) is 13.5. The number of amides is 2. The highest BCUT2D eigenvalue weighted by atomic mass is 16.4. The number of aryl methyl sites for hydroxylation is 2. The highest BCUT2D eigenvalue weighted by molar-refractivity contribution is 6.09. The van der Waals surface area contributed by atoms with Crippen molar-refractivity contribution < 1.29 is 19.5 Å². The van der Waals surface area contributed by atoms with Crippen LogP contribution in [0.4, 0.5) is 5.69 Å². The number of rotatable bonds is 8. The summed E-state index contributed by atoms with van der Waals surface area (Å²) in [7, 11) is 1.57. The Bertz CT molecular complexity index is 1750. The Hall–Kier alpha value is -4.98. The predicted molar refractivity (Wildman–Crippen MR) is 160 cm³/mol. The van der Waals surface area contributed by atoms with Gasteiger partial charge in [-0.3, -0.25) is 19.5 Å². The zero-order chi connectivity index (χ0) is 29.3. The quantitative estimate of drug-likeness (QED) is 0.266. The zero-order valence-electron chi connectivity index (χ0n) is 23.5. The van der Waals surface area contributed by atoms with Crippen LogP contribution in [0, 0.1) is 13.8 Å². The Balaban J connectivity index is 1.59. The number of likely N-dealkylation sites (N-methyl/N-ethyl adjacent to an activating group) is 1. The van der Waals surface area contributed by atoms with Crippen LogP contribution in [-0.2, 0) is 16.0 Å². The van der Waals surface area contributed by atoms with Crippen molar-refractivity contribution >= 4 is 45.3 Å². The summed E-state index contributed by atoms with van der Waals surface area (Å²) < 4.78 is 0. The van der Waals surface area contributed by atoms with E-state index >= 15 is 0 Å². The fraction of sp³-hybridized carbons (Fsp3) is 0.212. The number of anilines is 1. The van der Waals surface area contributed by atoms with Gasteiger partial charge in [0.25, 0.3) is 5.91 Å². The first-order valence-electron chi connectivity index (χ1n) is 13.5. The first-order chi connectivity index (χ1) is 19.7. The van der Waals surface area contributed by atoms with E-state index in [0.717, 1.165) is 27.6 Å². The third-order valence-corrected chi connectivity index (χ3v) is 7.54. The molecule has 2 atom stereocenters. The topological polar surface area (TPSA) is 107 Å². The van der Waals surface area contributed by atoms with Crippen LogP contribution in [0.1, 0.15) is 34.0 Å². The molecule has 2 heterocycles. The molecule has 0 bridgehead atoms. The number of carbonyl (C=O) groups is 3. The van der Waals surface area contributed by atoms with Gasteiger partial charge in [0, 0.05) is 47.7 Å². The van der Waals surface area contributed by atoms with Crippen molar-refractivity contribution in [1.29, 1.82) is 0 Å². The van der Waals surface area contributed by atoms with Gasteiger partial charge in [0.1, 0.15) is 12.1 Å². The molecule has 208 valence electrons.